The van der Waals surface area contributed by atoms with Crippen LogP contribution in [0.25, 0.3) is 10.9 Å². The maximum absolute atomic E-state index is 4.12. The monoisotopic (exact) mass is 277 g/mol. The van der Waals surface area contributed by atoms with Crippen molar-refractivity contribution in [1.82, 2.24) is 15.1 Å². The summed E-state index contributed by atoms with van der Waals surface area (Å²) in [4.78, 5) is 2.43. The van der Waals surface area contributed by atoms with Gasteiger partial charge in [-0.15, -0.1) is 0 Å². The number of fused-ring (bicyclic) bond motifs is 2. The van der Waals surface area contributed by atoms with Gasteiger partial charge in [-0.25, -0.2) is 0 Å². The number of benzene rings is 2. The van der Waals surface area contributed by atoms with Gasteiger partial charge in [-0.2, -0.15) is 5.10 Å². The molecule has 3 nitrogen and oxygen atoms in total. The molecule has 1 N–H and O–H groups in total. The second-order valence-electron chi connectivity index (χ2n) is 6.01. The molecule has 0 fully saturated rings. The van der Waals surface area contributed by atoms with E-state index in [0.29, 0.717) is 12.0 Å². The molecule has 2 atom stereocenters. The molecule has 0 bridgehead atoms. The van der Waals surface area contributed by atoms with Gasteiger partial charge in [-0.1, -0.05) is 36.4 Å². The number of H-pyrrole nitrogens is 1. The summed E-state index contributed by atoms with van der Waals surface area (Å²) >= 11 is 0. The smallest absolute Gasteiger partial charge is 0.0653 e. The number of hydrogen-bond acceptors (Lipinski definition) is 2. The Morgan fingerprint density at radius 2 is 1.95 bits per heavy atom. The first kappa shape index (κ1) is 12.6. The number of aromatic amines is 1. The van der Waals surface area contributed by atoms with E-state index < -0.39 is 0 Å². The number of rotatable bonds is 1. The van der Waals surface area contributed by atoms with E-state index in [2.05, 4.69) is 71.5 Å². The lowest BCUT2D eigenvalue weighted by molar-refractivity contribution is 0.234. The fourth-order valence-corrected chi connectivity index (χ4v) is 3.45. The van der Waals surface area contributed by atoms with Crippen LogP contribution in [0.5, 0.6) is 0 Å². The molecule has 2 heterocycles. The fourth-order valence-electron chi connectivity index (χ4n) is 3.45. The van der Waals surface area contributed by atoms with Crippen molar-refractivity contribution in [3.8, 4) is 0 Å². The third-order valence-corrected chi connectivity index (χ3v) is 4.82. The third-order valence-electron chi connectivity index (χ3n) is 4.82. The number of nitrogens with zero attached hydrogens (tertiary/aromatic N) is 2. The fraction of sp³-hybridized carbons (Fsp3) is 0.278. The summed E-state index contributed by atoms with van der Waals surface area (Å²) in [7, 11) is 2.21. The van der Waals surface area contributed by atoms with E-state index in [0.717, 1.165) is 12.1 Å². The summed E-state index contributed by atoms with van der Waals surface area (Å²) in [6.07, 6.45) is 1.88. The molecule has 0 saturated heterocycles. The molecule has 1 aliphatic rings. The molecule has 1 aliphatic heterocycles. The molecular formula is C18H19N3. The Kier molecular flexibility index (Phi) is 2.82. The van der Waals surface area contributed by atoms with Crippen molar-refractivity contribution in [2.24, 2.45) is 0 Å². The molecule has 0 aliphatic carbocycles. The van der Waals surface area contributed by atoms with Gasteiger partial charge in [0.05, 0.1) is 11.7 Å². The summed E-state index contributed by atoms with van der Waals surface area (Å²) < 4.78 is 0. The summed E-state index contributed by atoms with van der Waals surface area (Å²) in [5.74, 6) is 0.426. The molecule has 0 spiro atoms. The molecule has 0 radical (unpaired) electrons. The molecule has 0 saturated carbocycles. The highest BCUT2D eigenvalue weighted by Crippen LogP contribution is 2.38. The summed E-state index contributed by atoms with van der Waals surface area (Å²) in [6.45, 7) is 3.34. The molecule has 1 aromatic heterocycles. The number of nitrogens with one attached hydrogen (secondary N) is 1. The average Bonchev–Trinajstić information content (AvgIpc) is 2.98. The Morgan fingerprint density at radius 1 is 1.14 bits per heavy atom. The topological polar surface area (TPSA) is 31.9 Å². The maximum atomic E-state index is 4.12. The van der Waals surface area contributed by atoms with Crippen molar-refractivity contribution >= 4 is 10.9 Å². The van der Waals surface area contributed by atoms with Crippen molar-refractivity contribution in [2.45, 2.75) is 18.9 Å². The van der Waals surface area contributed by atoms with Crippen molar-refractivity contribution in [3.05, 3.63) is 65.4 Å². The van der Waals surface area contributed by atoms with E-state index >= 15 is 0 Å². The second kappa shape index (κ2) is 4.71. The molecule has 3 heteroatoms. The zero-order valence-electron chi connectivity index (χ0n) is 12.4. The van der Waals surface area contributed by atoms with E-state index in [9.17, 15) is 0 Å². The maximum Gasteiger partial charge on any atom is 0.0653 e. The standard InChI is InChI=1S/C18H19N3/c1-12-15-5-3-4-6-16(15)17(11-21(12)2)13-7-8-14-10-19-20-18(14)9-13/h3-10,12,17H,11H2,1-2H3,(H,19,20). The van der Waals surface area contributed by atoms with E-state index in [1.54, 1.807) is 0 Å². The van der Waals surface area contributed by atoms with Gasteiger partial charge < -0.3 is 0 Å². The molecule has 2 unspecified atom stereocenters. The Labute approximate surface area is 124 Å². The number of hydrogen-bond donors (Lipinski definition) is 1. The van der Waals surface area contributed by atoms with Crippen molar-refractivity contribution in [2.75, 3.05) is 13.6 Å². The predicted molar refractivity (Wildman–Crippen MR) is 85.4 cm³/mol. The minimum absolute atomic E-state index is 0.426. The Hall–Kier alpha value is -2.13. The first-order chi connectivity index (χ1) is 10.2. The molecule has 106 valence electrons. The van der Waals surface area contributed by atoms with Crippen LogP contribution in [0.4, 0.5) is 0 Å². The SMILES string of the molecule is CC1c2ccccc2C(c2ccc3cn[nH]c3c2)CN1C. The van der Waals surface area contributed by atoms with Crippen LogP contribution in [0, 0.1) is 0 Å². The largest absolute Gasteiger partial charge is 0.299 e. The van der Waals surface area contributed by atoms with E-state index in [4.69, 9.17) is 0 Å². The molecule has 3 aromatic rings. The van der Waals surface area contributed by atoms with Gasteiger partial charge in [0.1, 0.15) is 0 Å². The normalized spacial score (nSPS) is 22.4. The first-order valence-electron chi connectivity index (χ1n) is 7.46. The minimum atomic E-state index is 0.426. The van der Waals surface area contributed by atoms with Gasteiger partial charge in [0.25, 0.3) is 0 Å². The number of likely N-dealkylation sites (N-methyl/N-ethyl adjacent to an activating group) is 1. The minimum Gasteiger partial charge on any atom is -0.299 e. The second-order valence-corrected chi connectivity index (χ2v) is 6.01. The van der Waals surface area contributed by atoms with Crippen LogP contribution >= 0.6 is 0 Å². The van der Waals surface area contributed by atoms with Crippen LogP contribution in [0.2, 0.25) is 0 Å². The Morgan fingerprint density at radius 3 is 2.81 bits per heavy atom. The van der Waals surface area contributed by atoms with Crippen LogP contribution < -0.4 is 0 Å². The highest BCUT2D eigenvalue weighted by atomic mass is 15.1. The first-order valence-corrected chi connectivity index (χ1v) is 7.46. The summed E-state index contributed by atoms with van der Waals surface area (Å²) in [6, 6.07) is 16.0. The van der Waals surface area contributed by atoms with Gasteiger partial charge in [0.15, 0.2) is 0 Å². The van der Waals surface area contributed by atoms with Crippen molar-refractivity contribution < 1.29 is 0 Å². The van der Waals surface area contributed by atoms with E-state index in [1.807, 2.05) is 6.20 Å². The zero-order valence-corrected chi connectivity index (χ0v) is 12.4. The lowest BCUT2D eigenvalue weighted by atomic mass is 9.82. The highest BCUT2D eigenvalue weighted by Gasteiger charge is 2.29. The van der Waals surface area contributed by atoms with Crippen LogP contribution in [0.3, 0.4) is 0 Å². The summed E-state index contributed by atoms with van der Waals surface area (Å²) in [5, 5.41) is 8.37. The summed E-state index contributed by atoms with van der Waals surface area (Å²) in [5.41, 5.74) is 5.38. The van der Waals surface area contributed by atoms with Gasteiger partial charge >= 0.3 is 0 Å². The highest BCUT2D eigenvalue weighted by molar-refractivity contribution is 5.78. The molecule has 0 amide bonds. The lowest BCUT2D eigenvalue weighted by Gasteiger charge is -2.37. The van der Waals surface area contributed by atoms with Crippen molar-refractivity contribution in [3.63, 3.8) is 0 Å². The molecule has 2 aromatic carbocycles. The van der Waals surface area contributed by atoms with Crippen LogP contribution in [-0.4, -0.2) is 28.7 Å². The Balaban J connectivity index is 1.85. The van der Waals surface area contributed by atoms with Gasteiger partial charge in [0.2, 0.25) is 0 Å². The van der Waals surface area contributed by atoms with Gasteiger partial charge in [-0.05, 0) is 36.7 Å². The average molecular weight is 277 g/mol. The number of aromatic nitrogens is 2. The van der Waals surface area contributed by atoms with E-state index in [1.165, 1.54) is 22.1 Å². The predicted octanol–water partition coefficient (Wildman–Crippen LogP) is 3.70. The van der Waals surface area contributed by atoms with Crippen molar-refractivity contribution in [1.29, 1.82) is 0 Å². The van der Waals surface area contributed by atoms with Crippen LogP contribution in [0.1, 0.15) is 35.6 Å². The van der Waals surface area contributed by atoms with Gasteiger partial charge in [0, 0.05) is 23.9 Å². The molecule has 21 heavy (non-hydrogen) atoms. The quantitative estimate of drug-likeness (QED) is 0.735. The lowest BCUT2D eigenvalue weighted by Crippen LogP contribution is -2.34. The van der Waals surface area contributed by atoms with Crippen LogP contribution in [-0.2, 0) is 0 Å². The Bertz CT molecular complexity index is 790. The van der Waals surface area contributed by atoms with E-state index in [-0.39, 0.29) is 0 Å². The molecule has 4 rings (SSSR count). The third kappa shape index (κ3) is 1.96. The zero-order chi connectivity index (χ0) is 14.4. The molecular weight excluding hydrogens is 258 g/mol. The van der Waals surface area contributed by atoms with Gasteiger partial charge in [-0.3, -0.25) is 10.00 Å². The van der Waals surface area contributed by atoms with Crippen LogP contribution in [0.15, 0.2) is 48.7 Å².